The lowest BCUT2D eigenvalue weighted by Gasteiger charge is -2.13. The molecule has 17 heavy (non-hydrogen) atoms. The second-order valence-corrected chi connectivity index (χ2v) is 3.02. The molecule has 1 N–H and O–H groups in total. The van der Waals surface area contributed by atoms with Crippen LogP contribution in [0.2, 0.25) is 0 Å². The Bertz CT molecular complexity index is 445. The topological polar surface area (TPSA) is 72.6 Å². The van der Waals surface area contributed by atoms with E-state index in [0.29, 0.717) is 6.07 Å². The van der Waals surface area contributed by atoms with Gasteiger partial charge in [-0.15, -0.1) is 0 Å². The van der Waals surface area contributed by atoms with E-state index in [0.717, 1.165) is 0 Å². The highest BCUT2D eigenvalue weighted by molar-refractivity contribution is 5.55. The van der Waals surface area contributed by atoms with E-state index in [1.807, 2.05) is 0 Å². The van der Waals surface area contributed by atoms with Crippen molar-refractivity contribution >= 4 is 5.69 Å². The molecule has 0 aromatic heterocycles. The van der Waals surface area contributed by atoms with E-state index in [9.17, 15) is 28.4 Å². The number of ether oxygens (including phenoxy) is 1. The van der Waals surface area contributed by atoms with Crippen molar-refractivity contribution in [1.82, 2.24) is 0 Å². The third kappa shape index (κ3) is 2.77. The summed E-state index contributed by atoms with van der Waals surface area (Å²) in [5.41, 5.74) is -2.30. The first-order chi connectivity index (χ1) is 7.77. The molecule has 0 radical (unpaired) electrons. The van der Waals surface area contributed by atoms with Gasteiger partial charge in [0.25, 0.3) is 0 Å². The highest BCUT2D eigenvalue weighted by Gasteiger charge is 2.37. The maximum Gasteiger partial charge on any atom is 0.420 e. The van der Waals surface area contributed by atoms with Gasteiger partial charge in [0.2, 0.25) is 0 Å². The van der Waals surface area contributed by atoms with Gasteiger partial charge in [-0.3, -0.25) is 10.1 Å². The number of phenols is 1. The fraction of sp³-hybridized carbons (Fsp3) is 0.333. The second kappa shape index (κ2) is 4.48. The summed E-state index contributed by atoms with van der Waals surface area (Å²) < 4.78 is 42.4. The van der Waals surface area contributed by atoms with E-state index in [-0.39, 0.29) is 12.7 Å². The van der Waals surface area contributed by atoms with Gasteiger partial charge >= 0.3 is 11.9 Å². The molecule has 0 aliphatic carbocycles. The monoisotopic (exact) mass is 251 g/mol. The maximum absolute atomic E-state index is 12.6. The largest absolute Gasteiger partial charge is 0.502 e. The smallest absolute Gasteiger partial charge is 0.420 e. The number of benzene rings is 1. The van der Waals surface area contributed by atoms with Crippen molar-refractivity contribution in [2.24, 2.45) is 0 Å². The van der Waals surface area contributed by atoms with Crippen LogP contribution in [0.4, 0.5) is 18.9 Å². The van der Waals surface area contributed by atoms with E-state index in [2.05, 4.69) is 4.74 Å². The van der Waals surface area contributed by atoms with Gasteiger partial charge in [0.1, 0.15) is 11.3 Å². The van der Waals surface area contributed by atoms with Crippen molar-refractivity contribution in [1.29, 1.82) is 0 Å². The minimum Gasteiger partial charge on any atom is -0.502 e. The number of rotatable bonds is 3. The SMILES string of the molecule is CCOc1cc(O)c([N+](=O)[O-])cc1C(F)(F)F. The molecule has 8 heteroatoms. The number of hydrogen-bond donors (Lipinski definition) is 1. The molecule has 1 aromatic rings. The summed E-state index contributed by atoms with van der Waals surface area (Å²) in [6, 6.07) is 0.838. The Morgan fingerprint density at radius 1 is 1.47 bits per heavy atom. The quantitative estimate of drug-likeness (QED) is 0.662. The van der Waals surface area contributed by atoms with Crippen LogP contribution < -0.4 is 4.74 Å². The minimum atomic E-state index is -4.79. The van der Waals surface area contributed by atoms with Crippen molar-refractivity contribution in [2.45, 2.75) is 13.1 Å². The van der Waals surface area contributed by atoms with Crippen LogP contribution in [0.5, 0.6) is 11.5 Å². The van der Waals surface area contributed by atoms with E-state index >= 15 is 0 Å². The van der Waals surface area contributed by atoms with Crippen LogP contribution in [0.25, 0.3) is 0 Å². The van der Waals surface area contributed by atoms with Crippen molar-refractivity contribution < 1.29 is 27.9 Å². The first kappa shape index (κ1) is 13.1. The molecule has 0 bridgehead atoms. The Hall–Kier alpha value is -1.99. The maximum atomic E-state index is 12.6. The molecule has 94 valence electrons. The Kier molecular flexibility index (Phi) is 3.45. The van der Waals surface area contributed by atoms with Crippen molar-refractivity contribution in [3.05, 3.63) is 27.8 Å². The molecular formula is C9H8F3NO4. The molecule has 0 fully saturated rings. The summed E-state index contributed by atoms with van der Waals surface area (Å²) in [4.78, 5) is 9.31. The van der Waals surface area contributed by atoms with Crippen LogP contribution in [0.15, 0.2) is 12.1 Å². The van der Waals surface area contributed by atoms with Crippen molar-refractivity contribution in [3.63, 3.8) is 0 Å². The van der Waals surface area contributed by atoms with Gasteiger partial charge in [0, 0.05) is 12.1 Å². The number of nitro groups is 1. The number of phenolic OH excluding ortho intramolecular Hbond substituents is 1. The Labute approximate surface area is 93.6 Å². The van der Waals surface area contributed by atoms with Crippen LogP contribution in [0, 0.1) is 10.1 Å². The molecule has 5 nitrogen and oxygen atoms in total. The van der Waals surface area contributed by atoms with E-state index in [1.165, 1.54) is 6.92 Å². The number of hydrogen-bond acceptors (Lipinski definition) is 4. The molecule has 0 aliphatic heterocycles. The number of alkyl halides is 3. The normalized spacial score (nSPS) is 11.3. The highest BCUT2D eigenvalue weighted by atomic mass is 19.4. The van der Waals surface area contributed by atoms with Gasteiger partial charge < -0.3 is 9.84 Å². The molecule has 1 aromatic carbocycles. The molecule has 0 atom stereocenters. The zero-order valence-corrected chi connectivity index (χ0v) is 8.61. The van der Waals surface area contributed by atoms with Crippen molar-refractivity contribution in [3.8, 4) is 11.5 Å². The predicted molar refractivity (Wildman–Crippen MR) is 50.9 cm³/mol. The molecule has 0 amide bonds. The minimum absolute atomic E-state index is 0.0552. The molecule has 0 heterocycles. The molecule has 1 rings (SSSR count). The van der Waals surface area contributed by atoms with Gasteiger partial charge in [-0.1, -0.05) is 0 Å². The van der Waals surface area contributed by atoms with Gasteiger partial charge in [-0.05, 0) is 6.92 Å². The Morgan fingerprint density at radius 2 is 2.06 bits per heavy atom. The lowest BCUT2D eigenvalue weighted by molar-refractivity contribution is -0.386. The summed E-state index contributed by atoms with van der Waals surface area (Å²) in [6.45, 7) is 1.40. The van der Waals surface area contributed by atoms with Gasteiger partial charge in [-0.2, -0.15) is 13.2 Å². The predicted octanol–water partition coefficient (Wildman–Crippen LogP) is 2.72. The fourth-order valence-electron chi connectivity index (χ4n) is 1.20. The summed E-state index contributed by atoms with van der Waals surface area (Å²) in [6.07, 6.45) is -4.79. The third-order valence-electron chi connectivity index (χ3n) is 1.88. The van der Waals surface area contributed by atoms with Gasteiger partial charge in [-0.25, -0.2) is 0 Å². The summed E-state index contributed by atoms with van der Waals surface area (Å²) in [7, 11) is 0. The van der Waals surface area contributed by atoms with Crippen LogP contribution in [-0.4, -0.2) is 16.6 Å². The van der Waals surface area contributed by atoms with E-state index in [1.54, 1.807) is 0 Å². The van der Waals surface area contributed by atoms with Crippen LogP contribution in [0.3, 0.4) is 0 Å². The zero-order valence-electron chi connectivity index (χ0n) is 8.61. The fourth-order valence-corrected chi connectivity index (χ4v) is 1.20. The first-order valence-corrected chi connectivity index (χ1v) is 4.48. The average molecular weight is 251 g/mol. The lowest BCUT2D eigenvalue weighted by Crippen LogP contribution is -2.09. The van der Waals surface area contributed by atoms with E-state index < -0.39 is 33.8 Å². The van der Waals surface area contributed by atoms with Gasteiger partial charge in [0.15, 0.2) is 5.75 Å². The van der Waals surface area contributed by atoms with E-state index in [4.69, 9.17) is 0 Å². The summed E-state index contributed by atoms with van der Waals surface area (Å²) in [5.74, 6) is -1.51. The van der Waals surface area contributed by atoms with Crippen LogP contribution >= 0.6 is 0 Å². The third-order valence-corrected chi connectivity index (χ3v) is 1.88. The number of aromatic hydroxyl groups is 1. The number of halogens is 3. The zero-order chi connectivity index (χ0) is 13.2. The summed E-state index contributed by atoms with van der Waals surface area (Å²) >= 11 is 0. The van der Waals surface area contributed by atoms with Crippen LogP contribution in [-0.2, 0) is 6.18 Å². The second-order valence-electron chi connectivity index (χ2n) is 3.02. The number of nitro benzene ring substituents is 1. The molecule has 0 saturated heterocycles. The first-order valence-electron chi connectivity index (χ1n) is 4.48. The molecular weight excluding hydrogens is 243 g/mol. The molecule has 0 spiro atoms. The molecule has 0 unspecified atom stereocenters. The molecule has 0 saturated carbocycles. The van der Waals surface area contributed by atoms with Crippen molar-refractivity contribution in [2.75, 3.05) is 6.61 Å². The van der Waals surface area contributed by atoms with Gasteiger partial charge in [0.05, 0.1) is 11.5 Å². The highest BCUT2D eigenvalue weighted by Crippen LogP contribution is 2.42. The Morgan fingerprint density at radius 3 is 2.47 bits per heavy atom. The lowest BCUT2D eigenvalue weighted by atomic mass is 10.1. The summed E-state index contributed by atoms with van der Waals surface area (Å²) in [5, 5.41) is 19.6. The Balaban J connectivity index is 3.42. The average Bonchev–Trinajstić information content (AvgIpc) is 2.15. The van der Waals surface area contributed by atoms with Crippen LogP contribution in [0.1, 0.15) is 12.5 Å². The molecule has 0 aliphatic rings. The standard InChI is InChI=1S/C9H8F3NO4/c1-2-17-8-4-7(14)6(13(15)16)3-5(8)9(10,11)12/h3-4,14H,2H2,1H3. The number of nitrogens with zero attached hydrogens (tertiary/aromatic N) is 1.